The number of furan rings is 6. The Morgan fingerprint density at radius 1 is 0.173 bits per heavy atom. The summed E-state index contributed by atoms with van der Waals surface area (Å²) in [5.74, 6) is 2.71. The highest BCUT2D eigenvalue weighted by atomic mass is 16.4. The Bertz CT molecular complexity index is 9960. The van der Waals surface area contributed by atoms with Crippen LogP contribution in [0.15, 0.2) is 390 Å². The number of aryl methyl sites for hydroxylation is 4. The summed E-state index contributed by atoms with van der Waals surface area (Å²) >= 11 is 0. The molecule has 0 radical (unpaired) electrons. The number of anilines is 12. The maximum atomic E-state index is 7.74. The molecule has 0 N–H and O–H groups in total. The van der Waals surface area contributed by atoms with E-state index in [0.29, 0.717) is 35.5 Å². The van der Waals surface area contributed by atoms with Crippen LogP contribution in [0.4, 0.5) is 68.2 Å². The third-order valence-corrected chi connectivity index (χ3v) is 35.1. The summed E-state index contributed by atoms with van der Waals surface area (Å²) in [5.41, 5.74) is 32.8. The van der Waals surface area contributed by atoms with E-state index in [-0.39, 0.29) is 0 Å². The lowest BCUT2D eigenvalue weighted by Gasteiger charge is -2.39. The molecule has 10 heteroatoms. The van der Waals surface area contributed by atoms with Crippen LogP contribution in [0.25, 0.3) is 175 Å². The van der Waals surface area contributed by atoms with Crippen LogP contribution >= 0.6 is 0 Å². The topological polar surface area (TPSA) is 91.8 Å². The van der Waals surface area contributed by atoms with Crippen molar-refractivity contribution in [1.82, 2.24) is 0 Å². The Kier molecular flexibility index (Phi) is 21.1. The van der Waals surface area contributed by atoms with Gasteiger partial charge in [-0.05, 0) is 242 Å². The van der Waals surface area contributed by atoms with Crippen molar-refractivity contribution < 1.29 is 26.5 Å². The first-order valence-corrected chi connectivity index (χ1v) is 54.9. The highest BCUT2D eigenvalue weighted by Gasteiger charge is 2.39. The zero-order chi connectivity index (χ0) is 99.2. The number of para-hydroxylation sites is 8. The lowest BCUT2D eigenvalue weighted by atomic mass is 9.66. The fraction of sp³-hybridized carbons (Fsp3) is 0.200. The van der Waals surface area contributed by atoms with E-state index < -0.39 is 0 Å². The van der Waals surface area contributed by atoms with Crippen LogP contribution in [0.2, 0.25) is 0 Å². The molecule has 0 bridgehead atoms. The van der Waals surface area contributed by atoms with E-state index in [0.717, 1.165) is 263 Å². The van der Waals surface area contributed by atoms with Gasteiger partial charge in [-0.25, -0.2) is 0 Å². The number of benzene rings is 20. The van der Waals surface area contributed by atoms with Gasteiger partial charge in [0.1, 0.15) is 44.7 Å². The van der Waals surface area contributed by atoms with Gasteiger partial charge >= 0.3 is 0 Å². The van der Waals surface area contributed by atoms with Gasteiger partial charge in [-0.1, -0.05) is 342 Å². The van der Waals surface area contributed by atoms with Crippen LogP contribution in [0, 0.1) is 39.5 Å². The van der Waals surface area contributed by atoms with Crippen LogP contribution in [0.3, 0.4) is 0 Å². The van der Waals surface area contributed by atoms with Crippen LogP contribution in [-0.2, 0) is 0 Å². The van der Waals surface area contributed by atoms with Crippen LogP contribution in [-0.4, -0.2) is 0 Å². The molecule has 30 rings (SSSR count). The molecule has 4 saturated carbocycles. The zero-order valence-corrected chi connectivity index (χ0v) is 85.1. The second-order valence-corrected chi connectivity index (χ2v) is 44.0. The second-order valence-electron chi connectivity index (χ2n) is 44.0. The number of hydrogen-bond acceptors (Lipinski definition) is 10. The molecule has 6 heterocycles. The second kappa shape index (κ2) is 35.6. The van der Waals surface area contributed by atoms with Crippen molar-refractivity contribution in [2.45, 2.75) is 167 Å². The summed E-state index contributed by atoms with van der Waals surface area (Å²) in [4.78, 5) is 9.72. The first-order valence-electron chi connectivity index (χ1n) is 54.9. The van der Waals surface area contributed by atoms with Gasteiger partial charge in [0.15, 0.2) is 22.3 Å². The Hall–Kier alpha value is -16.6. The average Bonchev–Trinajstić information content (AvgIpc) is 1.54. The summed E-state index contributed by atoms with van der Waals surface area (Å²) in [6.07, 6.45) is 21.6. The van der Waals surface area contributed by atoms with Crippen molar-refractivity contribution in [1.29, 1.82) is 0 Å². The molecule has 4 atom stereocenters. The van der Waals surface area contributed by atoms with Gasteiger partial charge < -0.3 is 46.1 Å². The Labute approximate surface area is 870 Å². The van der Waals surface area contributed by atoms with Gasteiger partial charge in [0, 0.05) is 133 Å². The first-order chi connectivity index (χ1) is 74.0. The maximum absolute atomic E-state index is 7.74. The molecule has 150 heavy (non-hydrogen) atoms. The predicted molar refractivity (Wildman–Crippen MR) is 625 cm³/mol. The monoisotopic (exact) mass is 1950 g/mol. The molecule has 4 unspecified atom stereocenters. The SMILES string of the molecule is Cc1ccc(N(c2cc3oc4cc(N(c5ccc(C)cc5)c5cccc6c5oc5c(C7CCCC(C8CCCC(c9cccc%10c9oc9c(N(c%11cccc(C)c%11)c%11cc%12oc%13cc(N(c%14cccc(C)c%14)c%14cccc%15c%14oc%14c(C%16CCCCC%16)cccc%14%15)c%14ccccc%14c%13c%12c%12ccccc%11%12)cccc9%10)C8)C7)cccc56)c5ccccc5c4c3c3ccccc23)c2cccc3c2oc2c(C4CCCCC4)cccc23)cc1. The molecule has 0 amide bonds. The Morgan fingerprint density at radius 3 is 0.713 bits per heavy atom. The van der Waals surface area contributed by atoms with Crippen molar-refractivity contribution in [2.75, 3.05) is 19.6 Å². The molecule has 20 aromatic carbocycles. The Morgan fingerprint density at radius 2 is 0.420 bits per heavy atom. The molecule has 730 valence electrons. The lowest BCUT2D eigenvalue weighted by molar-refractivity contribution is 0.171. The standard InChI is InChI=1S/C140H114N4O6/c1-83-67-71-93(72-68-83)141(117-63-27-59-113-109-55-23-51-97(133(109)147-137(113)117)87-33-7-5-8-34-87)121-79-125-129(105-47-15-11-43-101(105)121)130-106-48-16-12-44-102(106)122(80-126(130)145-125)142(94-73-69-84(2)70-74-94)118-64-28-60-115-111-57-25-53-99(135(111)149-138(115)118)91-39-21-37-89(77-91)90-38-22-40-92(78-90)100-54-26-58-112-116-62-30-66-120(140(116)150-136(100)112)144(96-42-20-32-86(4)76-96)124-82-128-132(108-50-18-14-46-104(108)124)131-107-49-17-13-45-103(107)123(81-127(131)146-128)143(95-41-19-31-85(3)75-95)119-65-29-61-114-110-56-24-52-98(134(110)148-139(114)119)88-35-9-6-10-36-88/h11-20,23-32,41-76,79-82,87-92H,5-10,21-22,33-40,77-78H2,1-4H3. The summed E-state index contributed by atoms with van der Waals surface area (Å²) in [6, 6.07) is 135. The van der Waals surface area contributed by atoms with Crippen molar-refractivity contribution in [2.24, 2.45) is 11.8 Å². The zero-order valence-electron chi connectivity index (χ0n) is 85.1. The van der Waals surface area contributed by atoms with Crippen LogP contribution < -0.4 is 19.6 Å². The third kappa shape index (κ3) is 14.3. The van der Waals surface area contributed by atoms with Gasteiger partial charge in [0.25, 0.3) is 0 Å². The molecule has 26 aromatic rings. The van der Waals surface area contributed by atoms with Gasteiger partial charge in [0.2, 0.25) is 0 Å². The van der Waals surface area contributed by atoms with E-state index in [1.54, 1.807) is 0 Å². The largest absolute Gasteiger partial charge is 0.456 e. The van der Waals surface area contributed by atoms with Gasteiger partial charge in [-0.15, -0.1) is 0 Å². The molecule has 6 aromatic heterocycles. The lowest BCUT2D eigenvalue weighted by Crippen LogP contribution is -2.26. The number of hydrogen-bond donors (Lipinski definition) is 0. The molecule has 4 aliphatic rings. The molecule has 0 saturated heterocycles. The predicted octanol–water partition coefficient (Wildman–Crippen LogP) is 42.2. The summed E-state index contributed by atoms with van der Waals surface area (Å²) < 4.78 is 45.3. The Balaban J connectivity index is 0.491. The first kappa shape index (κ1) is 88.7. The van der Waals surface area contributed by atoms with Gasteiger partial charge in [-0.3, -0.25) is 0 Å². The number of fused-ring (bicyclic) bond motifs is 26. The van der Waals surface area contributed by atoms with Crippen molar-refractivity contribution in [3.63, 3.8) is 0 Å². The van der Waals surface area contributed by atoms with E-state index in [9.17, 15) is 0 Å². The summed E-state index contributed by atoms with van der Waals surface area (Å²) in [6.45, 7) is 8.72. The van der Waals surface area contributed by atoms with Crippen LogP contribution in [0.1, 0.15) is 184 Å². The van der Waals surface area contributed by atoms with E-state index in [4.69, 9.17) is 26.5 Å². The smallest absolute Gasteiger partial charge is 0.159 e. The fourth-order valence-electron chi connectivity index (χ4n) is 28.2. The highest BCUT2D eigenvalue weighted by Crippen LogP contribution is 2.59. The molecule has 0 aliphatic heterocycles. The van der Waals surface area contributed by atoms with Crippen molar-refractivity contribution in [3.8, 4) is 0 Å². The number of rotatable bonds is 17. The number of nitrogens with zero attached hydrogens (tertiary/aromatic N) is 4. The molecule has 4 fully saturated rings. The van der Waals surface area contributed by atoms with E-state index in [2.05, 4.69) is 411 Å². The molecular weight excluding hydrogens is 1830 g/mol. The fourth-order valence-corrected chi connectivity index (χ4v) is 28.2. The summed E-state index contributed by atoms with van der Waals surface area (Å²) in [7, 11) is 0. The minimum Gasteiger partial charge on any atom is -0.456 e. The van der Waals surface area contributed by atoms with Crippen molar-refractivity contribution >= 4 is 243 Å². The molecule has 0 spiro atoms. The van der Waals surface area contributed by atoms with Crippen LogP contribution in [0.5, 0.6) is 0 Å². The normalized spacial score (nSPS) is 16.8. The third-order valence-electron chi connectivity index (χ3n) is 35.1. The maximum Gasteiger partial charge on any atom is 0.159 e. The minimum atomic E-state index is 0.324. The van der Waals surface area contributed by atoms with E-state index >= 15 is 0 Å². The summed E-state index contributed by atoms with van der Waals surface area (Å²) in [5, 5.41) is 22.3. The minimum absolute atomic E-state index is 0.324. The van der Waals surface area contributed by atoms with E-state index in [1.165, 1.54) is 140 Å². The van der Waals surface area contributed by atoms with Gasteiger partial charge in [0.05, 0.1) is 45.5 Å². The van der Waals surface area contributed by atoms with Gasteiger partial charge in [-0.2, -0.15) is 0 Å². The highest BCUT2D eigenvalue weighted by molar-refractivity contribution is 6.33. The molecule has 4 aliphatic carbocycles. The average molecular weight is 1950 g/mol. The molecular formula is C140H114N4O6. The quantitative estimate of drug-likeness (QED) is 0.0878. The molecule has 10 nitrogen and oxygen atoms in total. The van der Waals surface area contributed by atoms with E-state index in [1.807, 2.05) is 0 Å². The van der Waals surface area contributed by atoms with Crippen molar-refractivity contribution in [3.05, 3.63) is 408 Å².